The fraction of sp³-hybridized carbons (Fsp3) is 0.600. The second-order valence-corrected chi connectivity index (χ2v) is 8.32. The first kappa shape index (κ1) is 19.3. The van der Waals surface area contributed by atoms with Gasteiger partial charge in [0, 0.05) is 50.9 Å². The number of piperidine rings is 1. The molecule has 1 fully saturated rings. The maximum absolute atomic E-state index is 12.7. The molecule has 0 saturated carbocycles. The second kappa shape index (κ2) is 7.89. The lowest BCUT2D eigenvalue weighted by Gasteiger charge is -2.33. The van der Waals surface area contributed by atoms with Crippen LogP contribution in [0.15, 0.2) is 24.3 Å². The maximum Gasteiger partial charge on any atom is 0.253 e. The van der Waals surface area contributed by atoms with E-state index in [4.69, 9.17) is 0 Å². The SMILES string of the molecule is CN(C)c1cccc(C(=O)N2CCC(NC(=O)CC(C)(C)C)CC2)c1. The monoisotopic (exact) mass is 345 g/mol. The van der Waals surface area contributed by atoms with Crippen LogP contribution in [0.25, 0.3) is 0 Å². The largest absolute Gasteiger partial charge is 0.378 e. The summed E-state index contributed by atoms with van der Waals surface area (Å²) in [5.41, 5.74) is 1.75. The lowest BCUT2D eigenvalue weighted by atomic mass is 9.91. The molecule has 0 atom stereocenters. The predicted molar refractivity (Wildman–Crippen MR) is 102 cm³/mol. The van der Waals surface area contributed by atoms with Crippen molar-refractivity contribution in [2.75, 3.05) is 32.1 Å². The standard InChI is InChI=1S/C20H31N3O2/c1-20(2,3)14-18(24)21-16-9-11-23(12-10-16)19(25)15-7-6-8-17(13-15)22(4)5/h6-8,13,16H,9-12,14H2,1-5H3,(H,21,24). The zero-order valence-electron chi connectivity index (χ0n) is 16.1. The molecule has 1 aromatic carbocycles. The molecule has 0 bridgehead atoms. The Balaban J connectivity index is 1.88. The fourth-order valence-corrected chi connectivity index (χ4v) is 3.09. The van der Waals surface area contributed by atoms with Gasteiger partial charge < -0.3 is 15.1 Å². The zero-order valence-corrected chi connectivity index (χ0v) is 16.1. The first-order valence-electron chi connectivity index (χ1n) is 9.02. The van der Waals surface area contributed by atoms with Crippen LogP contribution in [0.5, 0.6) is 0 Å². The molecule has 0 spiro atoms. The minimum absolute atomic E-state index is 0.00178. The van der Waals surface area contributed by atoms with Crippen molar-refractivity contribution >= 4 is 17.5 Å². The molecule has 138 valence electrons. The fourth-order valence-electron chi connectivity index (χ4n) is 3.09. The third kappa shape index (κ3) is 5.76. The number of carbonyl (C=O) groups is 2. The minimum atomic E-state index is -0.00178. The molecule has 1 N–H and O–H groups in total. The summed E-state index contributed by atoms with van der Waals surface area (Å²) in [6, 6.07) is 7.88. The molecular formula is C20H31N3O2. The Labute approximate surface area is 151 Å². The summed E-state index contributed by atoms with van der Waals surface area (Å²) >= 11 is 0. The number of anilines is 1. The van der Waals surface area contributed by atoms with E-state index in [0.717, 1.165) is 24.1 Å². The van der Waals surface area contributed by atoms with Crippen LogP contribution in [-0.4, -0.2) is 49.9 Å². The van der Waals surface area contributed by atoms with Gasteiger partial charge in [0.15, 0.2) is 0 Å². The van der Waals surface area contributed by atoms with Crippen molar-refractivity contribution in [3.63, 3.8) is 0 Å². The molecule has 5 heteroatoms. The Kier molecular flexibility index (Phi) is 6.09. The Morgan fingerprint density at radius 1 is 1.20 bits per heavy atom. The number of amides is 2. The van der Waals surface area contributed by atoms with Crippen molar-refractivity contribution in [1.82, 2.24) is 10.2 Å². The van der Waals surface area contributed by atoms with E-state index < -0.39 is 0 Å². The molecular weight excluding hydrogens is 314 g/mol. The molecule has 1 aromatic rings. The van der Waals surface area contributed by atoms with Crippen LogP contribution < -0.4 is 10.2 Å². The molecule has 0 radical (unpaired) electrons. The number of hydrogen-bond acceptors (Lipinski definition) is 3. The van der Waals surface area contributed by atoms with Crippen LogP contribution in [-0.2, 0) is 4.79 Å². The molecule has 1 saturated heterocycles. The molecule has 1 heterocycles. The van der Waals surface area contributed by atoms with E-state index in [1.54, 1.807) is 0 Å². The second-order valence-electron chi connectivity index (χ2n) is 8.32. The number of rotatable bonds is 4. The lowest BCUT2D eigenvalue weighted by molar-refractivity contribution is -0.123. The quantitative estimate of drug-likeness (QED) is 0.913. The van der Waals surface area contributed by atoms with Crippen molar-refractivity contribution < 1.29 is 9.59 Å². The highest BCUT2D eigenvalue weighted by Crippen LogP contribution is 2.20. The zero-order chi connectivity index (χ0) is 18.6. The summed E-state index contributed by atoms with van der Waals surface area (Å²) in [6.45, 7) is 7.57. The third-order valence-corrected chi connectivity index (χ3v) is 4.45. The van der Waals surface area contributed by atoms with Crippen molar-refractivity contribution in [3.8, 4) is 0 Å². The first-order valence-corrected chi connectivity index (χ1v) is 9.02. The van der Waals surface area contributed by atoms with Crippen LogP contribution in [0, 0.1) is 5.41 Å². The van der Waals surface area contributed by atoms with Crippen molar-refractivity contribution in [1.29, 1.82) is 0 Å². The number of benzene rings is 1. The van der Waals surface area contributed by atoms with Gasteiger partial charge in [0.25, 0.3) is 5.91 Å². The molecule has 0 unspecified atom stereocenters. The van der Waals surface area contributed by atoms with Crippen LogP contribution in [0.4, 0.5) is 5.69 Å². The Hall–Kier alpha value is -2.04. The summed E-state index contributed by atoms with van der Waals surface area (Å²) in [5.74, 6) is 0.180. The minimum Gasteiger partial charge on any atom is -0.378 e. The molecule has 2 amide bonds. The normalized spacial score (nSPS) is 15.8. The number of likely N-dealkylation sites (tertiary alicyclic amines) is 1. The number of nitrogens with zero attached hydrogens (tertiary/aromatic N) is 2. The number of nitrogens with one attached hydrogen (secondary N) is 1. The van der Waals surface area contributed by atoms with Gasteiger partial charge in [-0.05, 0) is 36.5 Å². The van der Waals surface area contributed by atoms with E-state index in [0.29, 0.717) is 19.5 Å². The first-order chi connectivity index (χ1) is 11.7. The van der Waals surface area contributed by atoms with Gasteiger partial charge >= 0.3 is 0 Å². The lowest BCUT2D eigenvalue weighted by Crippen LogP contribution is -2.47. The van der Waals surface area contributed by atoms with Crippen LogP contribution in [0.1, 0.15) is 50.4 Å². The average molecular weight is 345 g/mol. The molecule has 1 aliphatic heterocycles. The van der Waals surface area contributed by atoms with Crippen LogP contribution >= 0.6 is 0 Å². The van der Waals surface area contributed by atoms with Crippen LogP contribution in [0.2, 0.25) is 0 Å². The molecule has 2 rings (SSSR count). The van der Waals surface area contributed by atoms with Gasteiger partial charge in [-0.15, -0.1) is 0 Å². The van der Waals surface area contributed by atoms with E-state index in [2.05, 4.69) is 26.1 Å². The third-order valence-electron chi connectivity index (χ3n) is 4.45. The van der Waals surface area contributed by atoms with Gasteiger partial charge in [0.05, 0.1) is 0 Å². The topological polar surface area (TPSA) is 52.7 Å². The summed E-state index contributed by atoms with van der Waals surface area (Å²) in [4.78, 5) is 28.7. The molecule has 1 aliphatic rings. The van der Waals surface area contributed by atoms with Gasteiger partial charge in [-0.3, -0.25) is 9.59 Å². The Bertz CT molecular complexity index is 612. The highest BCUT2D eigenvalue weighted by atomic mass is 16.2. The average Bonchev–Trinajstić information content (AvgIpc) is 2.53. The van der Waals surface area contributed by atoms with E-state index in [1.807, 2.05) is 48.2 Å². The highest BCUT2D eigenvalue weighted by molar-refractivity contribution is 5.95. The molecule has 5 nitrogen and oxygen atoms in total. The van der Waals surface area contributed by atoms with Gasteiger partial charge in [-0.25, -0.2) is 0 Å². The predicted octanol–water partition coefficient (Wildman–Crippen LogP) is 2.91. The number of hydrogen-bond donors (Lipinski definition) is 1. The molecule has 0 aliphatic carbocycles. The van der Waals surface area contributed by atoms with Crippen LogP contribution in [0.3, 0.4) is 0 Å². The van der Waals surface area contributed by atoms with E-state index in [9.17, 15) is 9.59 Å². The summed E-state index contributed by atoms with van der Waals surface area (Å²) in [7, 11) is 3.94. The smallest absolute Gasteiger partial charge is 0.253 e. The van der Waals surface area contributed by atoms with Crippen molar-refractivity contribution in [2.45, 2.75) is 46.1 Å². The van der Waals surface area contributed by atoms with E-state index in [1.165, 1.54) is 0 Å². The van der Waals surface area contributed by atoms with Crippen molar-refractivity contribution in [3.05, 3.63) is 29.8 Å². The summed E-state index contributed by atoms with van der Waals surface area (Å²) in [6.07, 6.45) is 2.16. The highest BCUT2D eigenvalue weighted by Gasteiger charge is 2.26. The van der Waals surface area contributed by atoms with Crippen molar-refractivity contribution in [2.24, 2.45) is 5.41 Å². The van der Waals surface area contributed by atoms with Gasteiger partial charge in [0.1, 0.15) is 0 Å². The van der Waals surface area contributed by atoms with E-state index in [-0.39, 0.29) is 23.3 Å². The van der Waals surface area contributed by atoms with Gasteiger partial charge in [-0.2, -0.15) is 0 Å². The molecule has 0 aromatic heterocycles. The summed E-state index contributed by atoms with van der Waals surface area (Å²) < 4.78 is 0. The van der Waals surface area contributed by atoms with E-state index >= 15 is 0 Å². The summed E-state index contributed by atoms with van der Waals surface area (Å²) in [5, 5.41) is 3.12. The van der Waals surface area contributed by atoms with Gasteiger partial charge in [-0.1, -0.05) is 26.8 Å². The maximum atomic E-state index is 12.7. The molecule has 25 heavy (non-hydrogen) atoms. The number of carbonyl (C=O) groups excluding carboxylic acids is 2. The van der Waals surface area contributed by atoms with Gasteiger partial charge in [0.2, 0.25) is 5.91 Å². The Morgan fingerprint density at radius 2 is 1.84 bits per heavy atom. The Morgan fingerprint density at radius 3 is 2.40 bits per heavy atom.